The number of rotatable bonds is 7. The Balaban J connectivity index is 2.62. The van der Waals surface area contributed by atoms with Gasteiger partial charge >= 0.3 is 0 Å². The first-order chi connectivity index (χ1) is 8.15. The van der Waals surface area contributed by atoms with Crippen molar-refractivity contribution < 1.29 is 0 Å². The summed E-state index contributed by atoms with van der Waals surface area (Å²) < 4.78 is 3.08. The number of nitrogens with one attached hydrogen (secondary N) is 1. The minimum atomic E-state index is 0.907. The van der Waals surface area contributed by atoms with Crippen LogP contribution in [0.1, 0.15) is 12.1 Å². The van der Waals surface area contributed by atoms with Gasteiger partial charge in [-0.05, 0) is 56.1 Å². The van der Waals surface area contributed by atoms with E-state index in [1.54, 1.807) is 0 Å². The summed E-state index contributed by atoms with van der Waals surface area (Å²) in [5, 5.41) is 7.49. The predicted molar refractivity (Wildman–Crippen MR) is 76.1 cm³/mol. The third-order valence-electron chi connectivity index (χ3n) is 2.43. The zero-order valence-corrected chi connectivity index (χ0v) is 12.4. The molecule has 0 radical (unpaired) electrons. The lowest BCUT2D eigenvalue weighted by atomic mass is 10.3. The second kappa shape index (κ2) is 7.63. The number of halogens is 1. The molecule has 0 aliphatic carbocycles. The van der Waals surface area contributed by atoms with E-state index in [9.17, 15) is 0 Å². The standard InChI is InChI=1S/C12H21BrN4/c1-14-7-5-4-6-12-11(13)10-15-17(12)9-8-16(2)3/h4,6,10,14H,5,7-9H2,1-3H3/b6-4+. The summed E-state index contributed by atoms with van der Waals surface area (Å²) in [7, 11) is 6.10. The van der Waals surface area contributed by atoms with Gasteiger partial charge in [-0.1, -0.05) is 6.08 Å². The number of hydrogen-bond acceptors (Lipinski definition) is 3. The first kappa shape index (κ1) is 14.4. The zero-order valence-electron chi connectivity index (χ0n) is 10.8. The van der Waals surface area contributed by atoms with Crippen molar-refractivity contribution in [2.24, 2.45) is 0 Å². The van der Waals surface area contributed by atoms with Gasteiger partial charge in [-0.25, -0.2) is 0 Å². The third-order valence-corrected chi connectivity index (χ3v) is 3.04. The van der Waals surface area contributed by atoms with Crippen molar-refractivity contribution in [3.8, 4) is 0 Å². The quantitative estimate of drug-likeness (QED) is 0.780. The van der Waals surface area contributed by atoms with E-state index >= 15 is 0 Å². The molecule has 1 N–H and O–H groups in total. The second-order valence-electron chi connectivity index (χ2n) is 4.20. The monoisotopic (exact) mass is 300 g/mol. The van der Waals surface area contributed by atoms with E-state index in [0.29, 0.717) is 0 Å². The zero-order chi connectivity index (χ0) is 12.7. The van der Waals surface area contributed by atoms with E-state index in [0.717, 1.165) is 36.2 Å². The van der Waals surface area contributed by atoms with Gasteiger partial charge in [-0.15, -0.1) is 0 Å². The molecule has 0 bridgehead atoms. The summed E-state index contributed by atoms with van der Waals surface area (Å²) in [6.45, 7) is 2.90. The van der Waals surface area contributed by atoms with Crippen LogP contribution in [0.15, 0.2) is 16.7 Å². The molecular weight excluding hydrogens is 280 g/mol. The molecular formula is C12H21BrN4. The molecule has 0 saturated carbocycles. The Bertz CT molecular complexity index is 357. The Morgan fingerprint density at radius 1 is 1.53 bits per heavy atom. The normalized spacial score (nSPS) is 11.8. The van der Waals surface area contributed by atoms with E-state index < -0.39 is 0 Å². The van der Waals surface area contributed by atoms with Crippen LogP contribution in [0.3, 0.4) is 0 Å². The van der Waals surface area contributed by atoms with E-state index in [2.05, 4.69) is 57.5 Å². The summed E-state index contributed by atoms with van der Waals surface area (Å²) in [5.41, 5.74) is 1.14. The van der Waals surface area contributed by atoms with Crippen LogP contribution >= 0.6 is 15.9 Å². The number of aromatic nitrogens is 2. The van der Waals surface area contributed by atoms with Crippen LogP contribution in [-0.4, -0.2) is 48.9 Å². The van der Waals surface area contributed by atoms with E-state index in [-0.39, 0.29) is 0 Å². The summed E-state index contributed by atoms with van der Waals surface area (Å²) in [4.78, 5) is 2.16. The topological polar surface area (TPSA) is 33.1 Å². The molecule has 96 valence electrons. The molecule has 0 spiro atoms. The van der Waals surface area contributed by atoms with Crippen LogP contribution in [0.25, 0.3) is 6.08 Å². The van der Waals surface area contributed by atoms with Crippen molar-refractivity contribution in [3.05, 3.63) is 22.4 Å². The van der Waals surface area contributed by atoms with Gasteiger partial charge in [0.2, 0.25) is 0 Å². The Hall–Kier alpha value is -0.650. The fourth-order valence-electron chi connectivity index (χ4n) is 1.43. The van der Waals surface area contributed by atoms with Gasteiger partial charge in [0.15, 0.2) is 0 Å². The molecule has 4 nitrogen and oxygen atoms in total. The second-order valence-corrected chi connectivity index (χ2v) is 5.05. The Morgan fingerprint density at radius 2 is 2.29 bits per heavy atom. The highest BCUT2D eigenvalue weighted by molar-refractivity contribution is 9.10. The van der Waals surface area contributed by atoms with Crippen molar-refractivity contribution >= 4 is 22.0 Å². The van der Waals surface area contributed by atoms with Crippen LogP contribution < -0.4 is 5.32 Å². The van der Waals surface area contributed by atoms with Crippen molar-refractivity contribution in [1.29, 1.82) is 0 Å². The van der Waals surface area contributed by atoms with Gasteiger partial charge in [0, 0.05) is 6.54 Å². The Labute approximate surface area is 112 Å². The molecule has 1 heterocycles. The van der Waals surface area contributed by atoms with Crippen molar-refractivity contribution in [2.45, 2.75) is 13.0 Å². The average Bonchev–Trinajstić information content (AvgIpc) is 2.63. The Kier molecular flexibility index (Phi) is 6.47. The summed E-state index contributed by atoms with van der Waals surface area (Å²) in [5.74, 6) is 0. The number of nitrogens with zero attached hydrogens (tertiary/aromatic N) is 3. The minimum absolute atomic E-state index is 0.907. The first-order valence-corrected chi connectivity index (χ1v) is 6.61. The Morgan fingerprint density at radius 3 is 2.94 bits per heavy atom. The van der Waals surface area contributed by atoms with Crippen LogP contribution in [0.5, 0.6) is 0 Å². The molecule has 0 atom stereocenters. The summed E-state index contributed by atoms with van der Waals surface area (Å²) >= 11 is 3.53. The lowest BCUT2D eigenvalue weighted by molar-refractivity contribution is 0.372. The maximum absolute atomic E-state index is 4.36. The minimum Gasteiger partial charge on any atom is -0.319 e. The van der Waals surface area contributed by atoms with Gasteiger partial charge in [0.05, 0.1) is 22.9 Å². The molecule has 1 rings (SSSR count). The molecule has 0 amide bonds. The van der Waals surface area contributed by atoms with E-state index in [1.165, 1.54) is 0 Å². The van der Waals surface area contributed by atoms with Crippen LogP contribution in [-0.2, 0) is 6.54 Å². The molecule has 1 aromatic heterocycles. The highest BCUT2D eigenvalue weighted by atomic mass is 79.9. The number of hydrogen-bond donors (Lipinski definition) is 1. The van der Waals surface area contributed by atoms with Gasteiger partial charge in [0.1, 0.15) is 0 Å². The largest absolute Gasteiger partial charge is 0.319 e. The van der Waals surface area contributed by atoms with Crippen molar-refractivity contribution in [2.75, 3.05) is 34.2 Å². The highest BCUT2D eigenvalue weighted by Crippen LogP contribution is 2.17. The highest BCUT2D eigenvalue weighted by Gasteiger charge is 2.05. The molecule has 1 aromatic rings. The summed E-state index contributed by atoms with van der Waals surface area (Å²) in [6, 6.07) is 0. The predicted octanol–water partition coefficient (Wildman–Crippen LogP) is 1.83. The van der Waals surface area contributed by atoms with Crippen molar-refractivity contribution in [3.63, 3.8) is 0 Å². The van der Waals surface area contributed by atoms with E-state index in [4.69, 9.17) is 0 Å². The molecule has 0 unspecified atom stereocenters. The van der Waals surface area contributed by atoms with Crippen LogP contribution in [0, 0.1) is 0 Å². The lowest BCUT2D eigenvalue weighted by Gasteiger charge is -2.10. The molecule has 0 saturated heterocycles. The van der Waals surface area contributed by atoms with Gasteiger partial charge in [-0.3, -0.25) is 4.68 Å². The molecule has 0 fully saturated rings. The lowest BCUT2D eigenvalue weighted by Crippen LogP contribution is -2.19. The smallest absolute Gasteiger partial charge is 0.0749 e. The molecule has 0 aromatic carbocycles. The maximum Gasteiger partial charge on any atom is 0.0749 e. The summed E-state index contributed by atoms with van der Waals surface area (Å²) in [6.07, 6.45) is 7.18. The average molecular weight is 301 g/mol. The SMILES string of the molecule is CNCC/C=C/c1c(Br)cnn1CCN(C)C. The number of likely N-dealkylation sites (N-methyl/N-ethyl adjacent to an activating group) is 1. The maximum atomic E-state index is 4.36. The van der Waals surface area contributed by atoms with Crippen LogP contribution in [0.4, 0.5) is 0 Å². The van der Waals surface area contributed by atoms with Crippen LogP contribution in [0.2, 0.25) is 0 Å². The van der Waals surface area contributed by atoms with Gasteiger partial charge < -0.3 is 10.2 Å². The third kappa shape index (κ3) is 5.02. The van der Waals surface area contributed by atoms with Gasteiger partial charge in [-0.2, -0.15) is 5.10 Å². The van der Waals surface area contributed by atoms with E-state index in [1.807, 2.05) is 17.9 Å². The molecule has 0 aliphatic heterocycles. The fraction of sp³-hybridized carbons (Fsp3) is 0.583. The molecule has 5 heteroatoms. The molecule has 0 aliphatic rings. The first-order valence-electron chi connectivity index (χ1n) is 5.82. The fourth-order valence-corrected chi connectivity index (χ4v) is 1.86. The van der Waals surface area contributed by atoms with Gasteiger partial charge in [0.25, 0.3) is 0 Å². The molecule has 17 heavy (non-hydrogen) atoms. The van der Waals surface area contributed by atoms with Crippen molar-refractivity contribution in [1.82, 2.24) is 20.0 Å².